The van der Waals surface area contributed by atoms with Crippen molar-refractivity contribution in [1.82, 2.24) is 4.57 Å². The SMILES string of the molecule is COc1cc(C)c2c(cc(C)n2C(=O)O)c1CO[Si](C)(C)C(C)(C)C. The van der Waals surface area contributed by atoms with Crippen LogP contribution >= 0.6 is 0 Å². The molecule has 0 saturated heterocycles. The highest BCUT2D eigenvalue weighted by Gasteiger charge is 2.37. The van der Waals surface area contributed by atoms with Gasteiger partial charge in [-0.3, -0.25) is 0 Å². The number of hydrogen-bond donors (Lipinski definition) is 1. The Morgan fingerprint density at radius 3 is 2.32 bits per heavy atom. The summed E-state index contributed by atoms with van der Waals surface area (Å²) in [6.07, 6.45) is -0.975. The van der Waals surface area contributed by atoms with E-state index >= 15 is 0 Å². The van der Waals surface area contributed by atoms with E-state index in [0.717, 1.165) is 22.3 Å². The van der Waals surface area contributed by atoms with Crippen LogP contribution in [0.2, 0.25) is 18.1 Å². The summed E-state index contributed by atoms with van der Waals surface area (Å²) in [6.45, 7) is 15.1. The maximum atomic E-state index is 11.7. The number of benzene rings is 1. The topological polar surface area (TPSA) is 60.7 Å². The van der Waals surface area contributed by atoms with Crippen molar-refractivity contribution >= 4 is 25.3 Å². The van der Waals surface area contributed by atoms with Gasteiger partial charge in [-0.05, 0) is 49.7 Å². The molecule has 0 atom stereocenters. The van der Waals surface area contributed by atoms with E-state index in [0.29, 0.717) is 17.8 Å². The average Bonchev–Trinajstić information content (AvgIpc) is 2.82. The molecule has 0 bridgehead atoms. The second kappa shape index (κ2) is 6.50. The number of nitrogens with zero attached hydrogens (tertiary/aromatic N) is 1. The van der Waals surface area contributed by atoms with Gasteiger partial charge in [0.15, 0.2) is 8.32 Å². The summed E-state index contributed by atoms with van der Waals surface area (Å²) in [7, 11) is -0.295. The Hall–Kier alpha value is -1.79. The quantitative estimate of drug-likeness (QED) is 0.747. The van der Waals surface area contributed by atoms with Crippen molar-refractivity contribution in [1.29, 1.82) is 0 Å². The van der Waals surface area contributed by atoms with E-state index in [1.54, 1.807) is 14.0 Å². The number of aromatic nitrogens is 1. The predicted molar refractivity (Wildman–Crippen MR) is 103 cm³/mol. The van der Waals surface area contributed by atoms with Crippen LogP contribution in [0.1, 0.15) is 37.6 Å². The van der Waals surface area contributed by atoms with Crippen LogP contribution in [0.4, 0.5) is 4.79 Å². The van der Waals surface area contributed by atoms with Gasteiger partial charge in [0.1, 0.15) is 5.75 Å². The smallest absolute Gasteiger partial charge is 0.416 e. The lowest BCUT2D eigenvalue weighted by atomic mass is 10.1. The fraction of sp³-hybridized carbons (Fsp3) is 0.526. The molecule has 0 aliphatic rings. The molecule has 6 heteroatoms. The molecule has 1 aromatic heterocycles. The molecular weight excluding hydrogens is 334 g/mol. The number of carboxylic acid groups (broad SMARTS) is 1. The highest BCUT2D eigenvalue weighted by Crippen LogP contribution is 2.39. The lowest BCUT2D eigenvalue weighted by molar-refractivity contribution is 0.197. The number of rotatable bonds is 4. The van der Waals surface area contributed by atoms with Crippen molar-refractivity contribution in [3.63, 3.8) is 0 Å². The molecule has 0 fully saturated rings. The Balaban J connectivity index is 2.61. The minimum Gasteiger partial charge on any atom is -0.496 e. The van der Waals surface area contributed by atoms with E-state index in [-0.39, 0.29) is 5.04 Å². The van der Waals surface area contributed by atoms with Gasteiger partial charge in [0, 0.05) is 16.6 Å². The van der Waals surface area contributed by atoms with E-state index in [1.807, 2.05) is 19.1 Å². The summed E-state index contributed by atoms with van der Waals surface area (Å²) in [5.41, 5.74) is 3.18. The monoisotopic (exact) mass is 363 g/mol. The van der Waals surface area contributed by atoms with Gasteiger partial charge in [-0.25, -0.2) is 9.36 Å². The van der Waals surface area contributed by atoms with Crippen LogP contribution in [0.3, 0.4) is 0 Å². The number of aryl methyl sites for hydroxylation is 2. The van der Waals surface area contributed by atoms with Gasteiger partial charge < -0.3 is 14.3 Å². The highest BCUT2D eigenvalue weighted by molar-refractivity contribution is 6.74. The van der Waals surface area contributed by atoms with Crippen LogP contribution in [0.15, 0.2) is 12.1 Å². The van der Waals surface area contributed by atoms with Gasteiger partial charge in [0.05, 0.1) is 19.2 Å². The van der Waals surface area contributed by atoms with E-state index in [2.05, 4.69) is 33.9 Å². The first-order valence-corrected chi connectivity index (χ1v) is 11.4. The fourth-order valence-electron chi connectivity index (χ4n) is 2.79. The van der Waals surface area contributed by atoms with Gasteiger partial charge in [-0.1, -0.05) is 20.8 Å². The first kappa shape index (κ1) is 19.5. The van der Waals surface area contributed by atoms with Crippen LogP contribution < -0.4 is 4.74 Å². The Morgan fingerprint density at radius 2 is 1.84 bits per heavy atom. The second-order valence-electron chi connectivity index (χ2n) is 8.09. The van der Waals surface area contributed by atoms with Crippen molar-refractivity contribution in [3.05, 3.63) is 29.0 Å². The van der Waals surface area contributed by atoms with Gasteiger partial charge in [-0.2, -0.15) is 0 Å². The van der Waals surface area contributed by atoms with Crippen molar-refractivity contribution < 1.29 is 19.1 Å². The Bertz CT molecular complexity index is 815. The molecule has 138 valence electrons. The number of fused-ring (bicyclic) bond motifs is 1. The molecule has 2 rings (SSSR count). The van der Waals surface area contributed by atoms with Crippen LogP contribution in [-0.2, 0) is 11.0 Å². The molecule has 0 spiro atoms. The number of ether oxygens (including phenoxy) is 1. The van der Waals surface area contributed by atoms with Gasteiger partial charge in [-0.15, -0.1) is 0 Å². The molecule has 1 N–H and O–H groups in total. The lowest BCUT2D eigenvalue weighted by Gasteiger charge is -2.36. The number of carbonyl (C=O) groups is 1. The largest absolute Gasteiger partial charge is 0.496 e. The third-order valence-corrected chi connectivity index (χ3v) is 9.80. The lowest BCUT2D eigenvalue weighted by Crippen LogP contribution is -2.40. The van der Waals surface area contributed by atoms with Crippen molar-refractivity contribution in [2.75, 3.05) is 7.11 Å². The van der Waals surface area contributed by atoms with E-state index in [4.69, 9.17) is 9.16 Å². The third-order valence-electron chi connectivity index (χ3n) is 5.32. The molecule has 0 radical (unpaired) electrons. The zero-order valence-corrected chi connectivity index (χ0v) is 17.5. The molecule has 25 heavy (non-hydrogen) atoms. The number of hydrogen-bond acceptors (Lipinski definition) is 3. The molecule has 0 aliphatic heterocycles. The molecule has 0 saturated carbocycles. The second-order valence-corrected chi connectivity index (χ2v) is 12.9. The summed E-state index contributed by atoms with van der Waals surface area (Å²) in [6, 6.07) is 3.80. The Labute approximate surface area is 150 Å². The molecule has 0 aliphatic carbocycles. The zero-order valence-electron chi connectivity index (χ0n) is 16.5. The molecule has 5 nitrogen and oxygen atoms in total. The zero-order chi connectivity index (χ0) is 19.2. The summed E-state index contributed by atoms with van der Waals surface area (Å²) in [5.74, 6) is 0.742. The van der Waals surface area contributed by atoms with Crippen LogP contribution in [0.25, 0.3) is 10.9 Å². The van der Waals surface area contributed by atoms with E-state index in [9.17, 15) is 9.90 Å². The predicted octanol–water partition coefficient (Wildman–Crippen LogP) is 5.31. The summed E-state index contributed by atoms with van der Waals surface area (Å²) in [5, 5.41) is 10.6. The molecule has 0 unspecified atom stereocenters. The summed E-state index contributed by atoms with van der Waals surface area (Å²) >= 11 is 0. The van der Waals surface area contributed by atoms with Crippen LogP contribution in [-0.4, -0.2) is 31.2 Å². The average molecular weight is 364 g/mol. The van der Waals surface area contributed by atoms with Crippen LogP contribution in [0.5, 0.6) is 5.75 Å². The fourth-order valence-corrected chi connectivity index (χ4v) is 3.73. The van der Waals surface area contributed by atoms with Gasteiger partial charge in [0.25, 0.3) is 0 Å². The van der Waals surface area contributed by atoms with E-state index in [1.165, 1.54) is 4.57 Å². The normalized spacial score (nSPS) is 12.6. The first-order chi connectivity index (χ1) is 11.4. The standard InChI is InChI=1S/C19H29NO4Si/c1-12-9-16(23-6)15(11-24-25(7,8)19(3,4)5)14-10-13(2)20(17(12)14)18(21)22/h9-10H,11H2,1-8H3,(H,21,22). The third kappa shape index (κ3) is 3.46. The number of methoxy groups -OCH3 is 1. The van der Waals surface area contributed by atoms with Crippen LogP contribution in [0, 0.1) is 13.8 Å². The highest BCUT2D eigenvalue weighted by atomic mass is 28.4. The van der Waals surface area contributed by atoms with Crippen molar-refractivity contribution in [2.24, 2.45) is 0 Å². The van der Waals surface area contributed by atoms with Gasteiger partial charge >= 0.3 is 6.09 Å². The maximum Gasteiger partial charge on any atom is 0.416 e. The minimum absolute atomic E-state index is 0.104. The molecule has 0 amide bonds. The summed E-state index contributed by atoms with van der Waals surface area (Å²) < 4.78 is 13.3. The maximum absolute atomic E-state index is 11.7. The Kier molecular flexibility index (Phi) is 5.08. The molecule has 2 aromatic rings. The molecular formula is C19H29NO4Si. The van der Waals surface area contributed by atoms with E-state index < -0.39 is 14.4 Å². The van der Waals surface area contributed by atoms with Gasteiger partial charge in [0.2, 0.25) is 0 Å². The molecule has 1 heterocycles. The summed E-state index contributed by atoms with van der Waals surface area (Å²) in [4.78, 5) is 11.7. The van der Waals surface area contributed by atoms with Crippen molar-refractivity contribution in [3.8, 4) is 5.75 Å². The molecule has 1 aromatic carbocycles. The van der Waals surface area contributed by atoms with Crippen molar-refractivity contribution in [2.45, 2.75) is 59.4 Å². The Morgan fingerprint density at radius 1 is 1.24 bits per heavy atom. The minimum atomic E-state index is -1.93. The first-order valence-electron chi connectivity index (χ1n) is 8.46.